The highest BCUT2D eigenvalue weighted by Gasteiger charge is 2.29. The second kappa shape index (κ2) is 5.46. The average Bonchev–Trinajstić information content (AvgIpc) is 2.39. The minimum Gasteiger partial charge on any atom is -0.377 e. The van der Waals surface area contributed by atoms with Gasteiger partial charge in [-0.25, -0.2) is 4.98 Å². The van der Waals surface area contributed by atoms with Gasteiger partial charge in [-0.3, -0.25) is 4.79 Å². The molecule has 0 bridgehead atoms. The van der Waals surface area contributed by atoms with E-state index in [9.17, 15) is 4.79 Å². The quantitative estimate of drug-likeness (QED) is 0.877. The fraction of sp³-hybridized carbons (Fsp3) is 0.455. The molecule has 6 heteroatoms. The lowest BCUT2D eigenvalue weighted by Gasteiger charge is -2.35. The second-order valence-electron chi connectivity index (χ2n) is 3.73. The maximum atomic E-state index is 11.7. The molecule has 1 aromatic heterocycles. The van der Waals surface area contributed by atoms with E-state index in [1.54, 1.807) is 13.2 Å². The van der Waals surface area contributed by atoms with Crippen LogP contribution < -0.4 is 10.2 Å². The smallest absolute Gasteiger partial charge is 0.244 e. The molecule has 1 fully saturated rings. The number of rotatable bonds is 2. The highest BCUT2D eigenvalue weighted by Crippen LogP contribution is 2.19. The summed E-state index contributed by atoms with van der Waals surface area (Å²) in [5.41, 5.74) is 0. The van der Waals surface area contributed by atoms with E-state index < -0.39 is 0 Å². The van der Waals surface area contributed by atoms with E-state index in [1.807, 2.05) is 17.0 Å². The summed E-state index contributed by atoms with van der Waals surface area (Å²) in [7, 11) is 1.63. The van der Waals surface area contributed by atoms with E-state index in [1.165, 1.54) is 0 Å². The van der Waals surface area contributed by atoms with Crippen molar-refractivity contribution in [2.24, 2.45) is 0 Å². The number of carbonyl (C=O) groups is 1. The molecule has 5 nitrogen and oxygen atoms in total. The zero-order chi connectivity index (χ0) is 12.3. The molecule has 0 aliphatic carbocycles. The zero-order valence-corrected chi connectivity index (χ0v) is 11.1. The Labute approximate surface area is 108 Å². The summed E-state index contributed by atoms with van der Waals surface area (Å²) in [4.78, 5) is 18.0. The number of nitrogens with zero attached hydrogens (tertiary/aromatic N) is 2. The van der Waals surface area contributed by atoms with Gasteiger partial charge in [0, 0.05) is 24.3 Å². The minimum absolute atomic E-state index is 0.0468. The maximum absolute atomic E-state index is 11.7. The number of nitrogens with one attached hydrogen (secondary N) is 1. The standard InChI is InChI=1S/C11H14BrN3O2/c1-13-11(16)9-7-17-5-4-15(9)10-3-2-8(12)6-14-10/h2-3,6,9H,4-5,7H2,1H3,(H,13,16). The van der Waals surface area contributed by atoms with Crippen LogP contribution in [0.4, 0.5) is 5.82 Å². The molecule has 2 heterocycles. The van der Waals surface area contributed by atoms with E-state index in [4.69, 9.17) is 4.74 Å². The largest absolute Gasteiger partial charge is 0.377 e. The Bertz CT molecular complexity index is 396. The number of pyridine rings is 1. The molecular weight excluding hydrogens is 286 g/mol. The summed E-state index contributed by atoms with van der Waals surface area (Å²) < 4.78 is 6.26. The van der Waals surface area contributed by atoms with Crippen LogP contribution in [-0.2, 0) is 9.53 Å². The van der Waals surface area contributed by atoms with Crippen molar-refractivity contribution in [2.75, 3.05) is 31.7 Å². The van der Waals surface area contributed by atoms with Crippen molar-refractivity contribution in [3.05, 3.63) is 22.8 Å². The molecule has 0 radical (unpaired) electrons. The fourth-order valence-corrected chi connectivity index (χ4v) is 2.03. The first kappa shape index (κ1) is 12.3. The first-order valence-corrected chi connectivity index (χ1v) is 6.19. The van der Waals surface area contributed by atoms with Crippen molar-refractivity contribution < 1.29 is 9.53 Å². The molecule has 1 saturated heterocycles. The molecule has 17 heavy (non-hydrogen) atoms. The zero-order valence-electron chi connectivity index (χ0n) is 9.52. The molecule has 1 amide bonds. The lowest BCUT2D eigenvalue weighted by Crippen LogP contribution is -2.53. The van der Waals surface area contributed by atoms with Gasteiger partial charge in [-0.15, -0.1) is 0 Å². The number of hydrogen-bond donors (Lipinski definition) is 1. The van der Waals surface area contributed by atoms with Gasteiger partial charge in [0.1, 0.15) is 11.9 Å². The topological polar surface area (TPSA) is 54.5 Å². The van der Waals surface area contributed by atoms with Crippen LogP contribution in [0, 0.1) is 0 Å². The van der Waals surface area contributed by atoms with Crippen molar-refractivity contribution in [2.45, 2.75) is 6.04 Å². The number of carbonyl (C=O) groups excluding carboxylic acids is 1. The predicted octanol–water partition coefficient (Wildman–Crippen LogP) is 0.795. The molecule has 1 aromatic rings. The summed E-state index contributed by atoms with van der Waals surface area (Å²) in [6.07, 6.45) is 1.73. The highest BCUT2D eigenvalue weighted by molar-refractivity contribution is 9.10. The molecular formula is C11H14BrN3O2. The Kier molecular flexibility index (Phi) is 3.96. The number of morpholine rings is 1. The van der Waals surface area contributed by atoms with Crippen molar-refractivity contribution in [1.82, 2.24) is 10.3 Å². The molecule has 0 spiro atoms. The van der Waals surface area contributed by atoms with Crippen molar-refractivity contribution >= 4 is 27.7 Å². The van der Waals surface area contributed by atoms with Gasteiger partial charge in [-0.1, -0.05) is 0 Å². The lowest BCUT2D eigenvalue weighted by molar-refractivity contribution is -0.124. The van der Waals surface area contributed by atoms with Crippen LogP contribution in [-0.4, -0.2) is 43.7 Å². The number of anilines is 1. The molecule has 0 aromatic carbocycles. The van der Waals surface area contributed by atoms with E-state index in [2.05, 4.69) is 26.2 Å². The van der Waals surface area contributed by atoms with Crippen LogP contribution in [0.25, 0.3) is 0 Å². The monoisotopic (exact) mass is 299 g/mol. The van der Waals surface area contributed by atoms with Crippen molar-refractivity contribution in [1.29, 1.82) is 0 Å². The van der Waals surface area contributed by atoms with Crippen LogP contribution in [0.5, 0.6) is 0 Å². The summed E-state index contributed by atoms with van der Waals surface area (Å²) >= 11 is 3.34. The Balaban J connectivity index is 2.21. The Morgan fingerprint density at radius 2 is 2.47 bits per heavy atom. The number of amides is 1. The third-order valence-electron chi connectivity index (χ3n) is 2.68. The molecule has 1 unspecified atom stereocenters. The molecule has 2 rings (SSSR count). The summed E-state index contributed by atoms with van der Waals surface area (Å²) in [6, 6.07) is 3.51. The Morgan fingerprint density at radius 1 is 1.65 bits per heavy atom. The van der Waals surface area contributed by atoms with E-state index in [-0.39, 0.29) is 11.9 Å². The van der Waals surface area contributed by atoms with Crippen LogP contribution in [0.15, 0.2) is 22.8 Å². The Morgan fingerprint density at radius 3 is 3.12 bits per heavy atom. The van der Waals surface area contributed by atoms with Gasteiger partial charge in [0.25, 0.3) is 0 Å². The van der Waals surface area contributed by atoms with Crippen molar-refractivity contribution in [3.8, 4) is 0 Å². The molecule has 1 aliphatic heterocycles. The van der Waals surface area contributed by atoms with Gasteiger partial charge in [0.05, 0.1) is 13.2 Å². The first-order chi connectivity index (χ1) is 8.22. The normalized spacial score (nSPS) is 20.1. The molecule has 1 aliphatic rings. The first-order valence-electron chi connectivity index (χ1n) is 5.40. The van der Waals surface area contributed by atoms with Crippen LogP contribution in [0.2, 0.25) is 0 Å². The van der Waals surface area contributed by atoms with Gasteiger partial charge in [0.2, 0.25) is 5.91 Å². The number of likely N-dealkylation sites (N-methyl/N-ethyl adjacent to an activating group) is 1. The number of aromatic nitrogens is 1. The number of halogens is 1. The van der Waals surface area contributed by atoms with Gasteiger partial charge in [-0.2, -0.15) is 0 Å². The fourth-order valence-electron chi connectivity index (χ4n) is 1.80. The maximum Gasteiger partial charge on any atom is 0.244 e. The number of ether oxygens (including phenoxy) is 1. The molecule has 1 N–H and O–H groups in total. The van der Waals surface area contributed by atoms with Crippen molar-refractivity contribution in [3.63, 3.8) is 0 Å². The molecule has 92 valence electrons. The van der Waals surface area contributed by atoms with Gasteiger partial charge < -0.3 is 15.0 Å². The second-order valence-corrected chi connectivity index (χ2v) is 4.65. The third-order valence-corrected chi connectivity index (χ3v) is 3.15. The summed E-state index contributed by atoms with van der Waals surface area (Å²) in [5.74, 6) is 0.750. The SMILES string of the molecule is CNC(=O)C1COCCN1c1ccc(Br)cn1. The lowest BCUT2D eigenvalue weighted by atomic mass is 10.2. The van der Waals surface area contributed by atoms with E-state index in [0.717, 1.165) is 10.3 Å². The van der Waals surface area contributed by atoms with Gasteiger partial charge in [0.15, 0.2) is 0 Å². The number of hydrogen-bond acceptors (Lipinski definition) is 4. The predicted molar refractivity (Wildman–Crippen MR) is 68.0 cm³/mol. The molecule has 1 atom stereocenters. The van der Waals surface area contributed by atoms with Gasteiger partial charge in [-0.05, 0) is 28.1 Å². The summed E-state index contributed by atoms with van der Waals surface area (Å²) in [5, 5.41) is 2.65. The van der Waals surface area contributed by atoms with E-state index in [0.29, 0.717) is 19.8 Å². The Hall–Kier alpha value is -1.14. The van der Waals surface area contributed by atoms with Crippen LogP contribution in [0.3, 0.4) is 0 Å². The third kappa shape index (κ3) is 2.76. The molecule has 0 saturated carbocycles. The average molecular weight is 300 g/mol. The van der Waals surface area contributed by atoms with Crippen LogP contribution >= 0.6 is 15.9 Å². The summed E-state index contributed by atoms with van der Waals surface area (Å²) in [6.45, 7) is 1.69. The minimum atomic E-state index is -0.303. The van der Waals surface area contributed by atoms with Gasteiger partial charge >= 0.3 is 0 Å². The van der Waals surface area contributed by atoms with E-state index >= 15 is 0 Å². The highest BCUT2D eigenvalue weighted by atomic mass is 79.9. The van der Waals surface area contributed by atoms with Crippen LogP contribution in [0.1, 0.15) is 0 Å².